The van der Waals surface area contributed by atoms with Crippen LogP contribution in [-0.4, -0.2) is 33.7 Å². The summed E-state index contributed by atoms with van der Waals surface area (Å²) in [5.41, 5.74) is 0.730. The molecule has 0 saturated heterocycles. The summed E-state index contributed by atoms with van der Waals surface area (Å²) in [5.74, 6) is 0.627. The topological polar surface area (TPSA) is 77.8 Å². The molecule has 3 heterocycles. The van der Waals surface area contributed by atoms with Gasteiger partial charge in [0.15, 0.2) is 17.1 Å². The van der Waals surface area contributed by atoms with Gasteiger partial charge in [-0.2, -0.15) is 5.10 Å². The second kappa shape index (κ2) is 6.25. The van der Waals surface area contributed by atoms with E-state index in [0.717, 1.165) is 4.52 Å². The van der Waals surface area contributed by atoms with Gasteiger partial charge < -0.3 is 14.8 Å². The number of ether oxygens (including phenoxy) is 2. The van der Waals surface area contributed by atoms with Crippen molar-refractivity contribution in [1.82, 2.24) is 14.6 Å². The number of carbonyl (C=O) groups excluding carboxylic acids is 1. The Morgan fingerprint density at radius 2 is 2.00 bits per heavy atom. The van der Waals surface area contributed by atoms with Gasteiger partial charge >= 0.3 is 0 Å². The van der Waals surface area contributed by atoms with Crippen molar-refractivity contribution in [1.29, 1.82) is 0 Å². The number of aromatic nitrogens is 3. The zero-order valence-corrected chi connectivity index (χ0v) is 13.7. The quantitative estimate of drug-likeness (QED) is 0.777. The first-order valence-corrected chi connectivity index (χ1v) is 7.87. The average molecular weight is 360 g/mol. The fourth-order valence-corrected chi connectivity index (χ4v) is 2.75. The van der Waals surface area contributed by atoms with Crippen molar-refractivity contribution in [3.05, 3.63) is 47.4 Å². The molecule has 26 heavy (non-hydrogen) atoms. The van der Waals surface area contributed by atoms with Crippen molar-refractivity contribution in [3.63, 3.8) is 0 Å². The van der Waals surface area contributed by atoms with Crippen molar-refractivity contribution >= 4 is 17.2 Å². The fourth-order valence-electron chi connectivity index (χ4n) is 2.75. The number of aryl methyl sites for hydroxylation is 1. The molecule has 0 fully saturated rings. The summed E-state index contributed by atoms with van der Waals surface area (Å²) in [6.45, 7) is 2.48. The predicted molar refractivity (Wildman–Crippen MR) is 88.1 cm³/mol. The molecule has 9 heteroatoms. The second-order valence-corrected chi connectivity index (χ2v) is 5.73. The lowest BCUT2D eigenvalue weighted by molar-refractivity contribution is 0.102. The number of nitrogens with zero attached hydrogens (tertiary/aromatic N) is 3. The van der Waals surface area contributed by atoms with Gasteiger partial charge in [-0.25, -0.2) is 18.3 Å². The molecule has 0 unspecified atom stereocenters. The Bertz CT molecular complexity index is 1000. The van der Waals surface area contributed by atoms with Crippen LogP contribution < -0.4 is 14.8 Å². The third-order valence-electron chi connectivity index (χ3n) is 3.90. The van der Waals surface area contributed by atoms with Gasteiger partial charge in [0.1, 0.15) is 24.5 Å². The molecule has 0 spiro atoms. The maximum atomic E-state index is 13.2. The molecular formula is C17H14F2N4O3. The molecule has 0 aliphatic carbocycles. The van der Waals surface area contributed by atoms with Crippen LogP contribution in [0.1, 0.15) is 28.2 Å². The summed E-state index contributed by atoms with van der Waals surface area (Å²) in [6.07, 6.45) is -1.51. The first-order valence-electron chi connectivity index (χ1n) is 7.87. The van der Waals surface area contributed by atoms with E-state index >= 15 is 0 Å². The van der Waals surface area contributed by atoms with E-state index in [1.54, 1.807) is 25.1 Å². The van der Waals surface area contributed by atoms with Gasteiger partial charge in [-0.15, -0.1) is 0 Å². The molecule has 0 saturated carbocycles. The number of hydrogen-bond acceptors (Lipinski definition) is 5. The number of benzene rings is 1. The van der Waals surface area contributed by atoms with Gasteiger partial charge in [0, 0.05) is 17.4 Å². The van der Waals surface area contributed by atoms with E-state index in [1.807, 2.05) is 0 Å². The van der Waals surface area contributed by atoms with Crippen molar-refractivity contribution in [2.45, 2.75) is 13.3 Å². The first kappa shape index (κ1) is 16.2. The van der Waals surface area contributed by atoms with E-state index in [-0.39, 0.29) is 16.9 Å². The number of rotatable bonds is 3. The minimum atomic E-state index is -2.73. The van der Waals surface area contributed by atoms with Crippen molar-refractivity contribution in [2.75, 3.05) is 18.5 Å². The van der Waals surface area contributed by atoms with Crippen LogP contribution in [-0.2, 0) is 0 Å². The molecule has 0 atom stereocenters. The molecule has 3 aromatic rings. The Hall–Kier alpha value is -3.23. The maximum absolute atomic E-state index is 13.2. The third-order valence-corrected chi connectivity index (χ3v) is 3.90. The first-order chi connectivity index (χ1) is 12.5. The average Bonchev–Trinajstić information content (AvgIpc) is 3.04. The van der Waals surface area contributed by atoms with Crippen molar-refractivity contribution in [2.24, 2.45) is 0 Å². The summed E-state index contributed by atoms with van der Waals surface area (Å²) in [4.78, 5) is 16.8. The highest BCUT2D eigenvalue weighted by Gasteiger charge is 2.21. The highest BCUT2D eigenvalue weighted by atomic mass is 19.3. The monoisotopic (exact) mass is 360 g/mol. The molecule has 2 aromatic heterocycles. The van der Waals surface area contributed by atoms with Gasteiger partial charge in [0.25, 0.3) is 12.3 Å². The SMILES string of the molecule is Cc1cc(C(F)F)n2ncc(C(=O)Nc3ccc4c(c3)OCCO4)c2n1. The molecule has 1 aromatic carbocycles. The molecule has 1 aliphatic heterocycles. The molecule has 1 N–H and O–H groups in total. The Kier molecular flexibility index (Phi) is 3.90. The van der Waals surface area contributed by atoms with E-state index in [0.29, 0.717) is 36.1 Å². The molecule has 1 aliphatic rings. The summed E-state index contributed by atoms with van der Waals surface area (Å²) in [6, 6.07) is 6.24. The second-order valence-electron chi connectivity index (χ2n) is 5.73. The van der Waals surface area contributed by atoms with Gasteiger partial charge in [0.2, 0.25) is 0 Å². The lowest BCUT2D eigenvalue weighted by Crippen LogP contribution is -2.16. The number of fused-ring (bicyclic) bond motifs is 2. The van der Waals surface area contributed by atoms with E-state index in [9.17, 15) is 13.6 Å². The Morgan fingerprint density at radius 1 is 1.23 bits per heavy atom. The standard InChI is InChI=1S/C17H14F2N4O3/c1-9-6-12(15(18)19)23-16(21-9)11(8-20-23)17(24)22-10-2-3-13-14(7-10)26-5-4-25-13/h2-3,6-8,15H,4-5H2,1H3,(H,22,24). The lowest BCUT2D eigenvalue weighted by Gasteiger charge is -2.18. The lowest BCUT2D eigenvalue weighted by atomic mass is 10.2. The van der Waals surface area contributed by atoms with E-state index in [4.69, 9.17) is 9.47 Å². The van der Waals surface area contributed by atoms with Crippen LogP contribution in [0.4, 0.5) is 14.5 Å². The summed E-state index contributed by atoms with van der Waals surface area (Å²) in [5, 5.41) is 6.58. The predicted octanol–water partition coefficient (Wildman–Crippen LogP) is 3.00. The molecular weight excluding hydrogens is 346 g/mol. The highest BCUT2D eigenvalue weighted by molar-refractivity contribution is 6.08. The molecule has 134 valence electrons. The smallest absolute Gasteiger partial charge is 0.280 e. The minimum absolute atomic E-state index is 0.0790. The van der Waals surface area contributed by atoms with Crippen LogP contribution in [0.25, 0.3) is 5.65 Å². The number of hydrogen-bond donors (Lipinski definition) is 1. The molecule has 4 rings (SSSR count). The van der Waals surface area contributed by atoms with Crippen LogP contribution in [0.15, 0.2) is 30.5 Å². The van der Waals surface area contributed by atoms with Gasteiger partial charge in [-0.3, -0.25) is 4.79 Å². The van der Waals surface area contributed by atoms with E-state index in [1.165, 1.54) is 12.3 Å². The summed E-state index contributed by atoms with van der Waals surface area (Å²) < 4.78 is 38.2. The molecule has 0 bridgehead atoms. The van der Waals surface area contributed by atoms with Crippen LogP contribution in [0.5, 0.6) is 11.5 Å². The van der Waals surface area contributed by atoms with Gasteiger partial charge in [-0.1, -0.05) is 0 Å². The Morgan fingerprint density at radius 3 is 2.77 bits per heavy atom. The van der Waals surface area contributed by atoms with Crippen LogP contribution in [0.2, 0.25) is 0 Å². The number of halogens is 2. The third kappa shape index (κ3) is 2.81. The van der Waals surface area contributed by atoms with Crippen LogP contribution in [0, 0.1) is 6.92 Å². The Labute approximate surface area is 146 Å². The Balaban J connectivity index is 1.66. The number of nitrogens with one attached hydrogen (secondary N) is 1. The number of amides is 1. The number of carbonyl (C=O) groups is 1. The normalized spacial score (nSPS) is 13.2. The molecule has 1 amide bonds. The van der Waals surface area contributed by atoms with E-state index < -0.39 is 12.3 Å². The van der Waals surface area contributed by atoms with Crippen molar-refractivity contribution < 1.29 is 23.0 Å². The van der Waals surface area contributed by atoms with E-state index in [2.05, 4.69) is 15.4 Å². The summed E-state index contributed by atoms with van der Waals surface area (Å²) >= 11 is 0. The maximum Gasteiger partial charge on any atom is 0.280 e. The zero-order valence-electron chi connectivity index (χ0n) is 13.7. The number of alkyl halides is 2. The molecule has 7 nitrogen and oxygen atoms in total. The van der Waals surface area contributed by atoms with Crippen molar-refractivity contribution in [3.8, 4) is 11.5 Å². The van der Waals surface area contributed by atoms with Gasteiger partial charge in [0.05, 0.1) is 6.20 Å². The summed E-state index contributed by atoms with van der Waals surface area (Å²) in [7, 11) is 0. The highest BCUT2D eigenvalue weighted by Crippen LogP contribution is 2.32. The number of anilines is 1. The van der Waals surface area contributed by atoms with Crippen LogP contribution >= 0.6 is 0 Å². The molecule has 0 radical (unpaired) electrons. The zero-order chi connectivity index (χ0) is 18.3. The largest absolute Gasteiger partial charge is 0.486 e. The van der Waals surface area contributed by atoms with Crippen LogP contribution in [0.3, 0.4) is 0 Å². The van der Waals surface area contributed by atoms with Gasteiger partial charge in [-0.05, 0) is 25.1 Å². The minimum Gasteiger partial charge on any atom is -0.486 e. The fraction of sp³-hybridized carbons (Fsp3) is 0.235.